The van der Waals surface area contributed by atoms with Gasteiger partial charge in [-0.05, 0) is 86.8 Å². The van der Waals surface area contributed by atoms with Gasteiger partial charge in [-0.1, -0.05) is 65.8 Å². The number of Topliss-reactive ketones (excluding diaryl/α,β-unsaturated/α-hetero) is 2. The summed E-state index contributed by atoms with van der Waals surface area (Å²) >= 11 is 0. The molecule has 0 spiro atoms. The van der Waals surface area contributed by atoms with Gasteiger partial charge < -0.3 is 48.9 Å². The standard InChI is InChI=1S/C58H84N6O14/c1-7-57(3,4)51(67)53(69)63-25-11-9-19-45(63)55(71)77-47(21-27-61-29-33-73-34-30-61)41-15-13-17-43(37-41)75-39-49(65)59-23-24-60-50(66)40-76-44-18-14-16-42(38-44)48(22-28-62-31-35-74-36-32-62)78-56(72)46-20-10-12-26-64(46)54(70)52(68)58(5,6)8-2/h13-18,37-38,45-48H,7-12,19-36,39-40H2,1-6H3,(H,59,65)(H,60,66)/t45-,46-,47?,48?/m0/s1. The number of hydrogen-bond donors (Lipinski definition) is 2. The highest BCUT2D eigenvalue weighted by Gasteiger charge is 2.43. The molecule has 2 aromatic carbocycles. The van der Waals surface area contributed by atoms with Gasteiger partial charge in [0.05, 0.1) is 26.4 Å². The highest BCUT2D eigenvalue weighted by Crippen LogP contribution is 2.32. The number of nitrogens with zero attached hydrogens (tertiary/aromatic N) is 4. The lowest BCUT2D eigenvalue weighted by molar-refractivity contribution is -0.165. The maximum atomic E-state index is 14.0. The van der Waals surface area contributed by atoms with Gasteiger partial charge in [0.2, 0.25) is 11.6 Å². The normalized spacial score (nSPS) is 19.4. The smallest absolute Gasteiger partial charge is 0.329 e. The fourth-order valence-corrected chi connectivity index (χ4v) is 9.69. The van der Waals surface area contributed by atoms with Crippen LogP contribution in [0.2, 0.25) is 0 Å². The average Bonchev–Trinajstić information content (AvgIpc) is 3.52. The molecule has 4 atom stereocenters. The van der Waals surface area contributed by atoms with Crippen LogP contribution in [-0.2, 0) is 57.3 Å². The zero-order chi connectivity index (χ0) is 56.2. The second kappa shape index (κ2) is 29.9. The summed E-state index contributed by atoms with van der Waals surface area (Å²) in [5, 5.41) is 5.48. The lowest BCUT2D eigenvalue weighted by Crippen LogP contribution is -2.53. The first-order valence-corrected chi connectivity index (χ1v) is 28.1. The van der Waals surface area contributed by atoms with E-state index in [2.05, 4.69) is 20.4 Å². The minimum absolute atomic E-state index is 0.107. The number of amides is 4. The van der Waals surface area contributed by atoms with Crippen LogP contribution in [0.4, 0.5) is 0 Å². The van der Waals surface area contributed by atoms with E-state index in [-0.39, 0.29) is 26.3 Å². The molecule has 20 heteroatoms. The quantitative estimate of drug-likeness (QED) is 0.0698. The van der Waals surface area contributed by atoms with Gasteiger partial charge in [0, 0.05) is 89.1 Å². The van der Waals surface area contributed by atoms with E-state index in [9.17, 15) is 38.4 Å². The van der Waals surface area contributed by atoms with Crippen molar-refractivity contribution in [2.45, 2.75) is 130 Å². The van der Waals surface area contributed by atoms with Crippen LogP contribution in [0, 0.1) is 10.8 Å². The summed E-state index contributed by atoms with van der Waals surface area (Å²) < 4.78 is 35.3. The minimum atomic E-state index is -0.889. The predicted molar refractivity (Wildman–Crippen MR) is 288 cm³/mol. The van der Waals surface area contributed by atoms with Crippen LogP contribution < -0.4 is 20.1 Å². The zero-order valence-electron chi connectivity index (χ0n) is 46.8. The number of likely N-dealkylation sites (tertiary alicyclic amines) is 2. The molecule has 0 radical (unpaired) electrons. The molecule has 78 heavy (non-hydrogen) atoms. The van der Waals surface area contributed by atoms with E-state index in [1.165, 1.54) is 9.80 Å². The molecule has 0 aromatic heterocycles. The molecule has 2 aromatic rings. The number of hydrogen-bond acceptors (Lipinski definition) is 16. The summed E-state index contributed by atoms with van der Waals surface area (Å²) in [4.78, 5) is 114. The second-order valence-electron chi connectivity index (χ2n) is 21.9. The number of rotatable bonds is 27. The van der Waals surface area contributed by atoms with Gasteiger partial charge in [-0.25, -0.2) is 9.59 Å². The van der Waals surface area contributed by atoms with Gasteiger partial charge in [0.15, 0.2) is 13.2 Å². The summed E-state index contributed by atoms with van der Waals surface area (Å²) in [5.41, 5.74) is -0.414. The van der Waals surface area contributed by atoms with Gasteiger partial charge in [-0.2, -0.15) is 0 Å². The molecule has 0 saturated carbocycles. The Morgan fingerprint density at radius 3 is 1.32 bits per heavy atom. The lowest BCUT2D eigenvalue weighted by Gasteiger charge is -2.36. The van der Waals surface area contributed by atoms with Crippen molar-refractivity contribution in [3.8, 4) is 11.5 Å². The number of esters is 2. The van der Waals surface area contributed by atoms with Crippen LogP contribution >= 0.6 is 0 Å². The summed E-state index contributed by atoms with van der Waals surface area (Å²) in [6.07, 6.45) is 4.02. The third-order valence-corrected chi connectivity index (χ3v) is 15.6. The van der Waals surface area contributed by atoms with E-state index >= 15 is 0 Å². The first-order chi connectivity index (χ1) is 37.4. The fraction of sp³-hybridized carbons (Fsp3) is 0.655. The first-order valence-electron chi connectivity index (χ1n) is 28.1. The van der Waals surface area contributed by atoms with Crippen molar-refractivity contribution in [1.82, 2.24) is 30.2 Å². The van der Waals surface area contributed by atoms with Crippen molar-refractivity contribution in [3.63, 3.8) is 0 Å². The Kier molecular flexibility index (Phi) is 23.4. The molecule has 4 heterocycles. The molecule has 0 aliphatic carbocycles. The fourth-order valence-electron chi connectivity index (χ4n) is 9.69. The molecule has 20 nitrogen and oxygen atoms in total. The summed E-state index contributed by atoms with van der Waals surface area (Å²) in [6, 6.07) is 12.2. The van der Waals surface area contributed by atoms with Gasteiger partial charge in [-0.15, -0.1) is 0 Å². The Morgan fingerprint density at radius 2 is 0.949 bits per heavy atom. The maximum absolute atomic E-state index is 14.0. The second-order valence-corrected chi connectivity index (χ2v) is 21.9. The number of ether oxygens (including phenoxy) is 6. The number of morpholine rings is 2. The Morgan fingerprint density at radius 1 is 0.564 bits per heavy atom. The minimum Gasteiger partial charge on any atom is -0.484 e. The Labute approximate surface area is 459 Å². The molecule has 4 fully saturated rings. The van der Waals surface area contributed by atoms with Gasteiger partial charge in [0.1, 0.15) is 35.8 Å². The SMILES string of the molecule is CCC(C)(C)C(=O)C(=O)N1CCCC[C@H]1C(=O)OC(CCN1CCOCC1)c1cccc(OCC(=O)NCCNC(=O)COc2cccc(C(CCN3CCOCC3)OC(=O)[C@@H]3CCCCN3C(=O)C(=O)C(C)(C)CC)c2)c1. The molecule has 0 bridgehead atoms. The molecular weight excluding hydrogens is 1000 g/mol. The number of carbonyl (C=O) groups is 8. The van der Waals surface area contributed by atoms with Crippen LogP contribution in [-0.4, -0.2) is 184 Å². The number of nitrogens with one attached hydrogen (secondary N) is 2. The van der Waals surface area contributed by atoms with E-state index < -0.39 is 82.3 Å². The van der Waals surface area contributed by atoms with E-state index in [4.69, 9.17) is 28.4 Å². The van der Waals surface area contributed by atoms with Crippen LogP contribution in [0.25, 0.3) is 0 Å². The number of benzene rings is 2. The molecule has 4 saturated heterocycles. The highest BCUT2D eigenvalue weighted by molar-refractivity contribution is 6.38. The van der Waals surface area contributed by atoms with Crippen LogP contribution in [0.5, 0.6) is 11.5 Å². The molecular formula is C58H84N6O14. The zero-order valence-corrected chi connectivity index (χ0v) is 46.8. The first kappa shape index (κ1) is 61.3. The van der Waals surface area contributed by atoms with E-state index in [0.717, 1.165) is 26.2 Å². The Bertz CT molecular complexity index is 2210. The third kappa shape index (κ3) is 17.8. The van der Waals surface area contributed by atoms with Crippen LogP contribution in [0.15, 0.2) is 48.5 Å². The molecule has 6 rings (SSSR count). The Hall–Kier alpha value is -5.96. The maximum Gasteiger partial charge on any atom is 0.329 e. The number of piperidine rings is 2. The Balaban J connectivity index is 0.991. The molecule has 2 N–H and O–H groups in total. The largest absolute Gasteiger partial charge is 0.484 e. The van der Waals surface area contributed by atoms with Crippen molar-refractivity contribution < 1.29 is 66.8 Å². The van der Waals surface area contributed by atoms with Crippen molar-refractivity contribution >= 4 is 47.1 Å². The molecule has 4 aliphatic heterocycles. The predicted octanol–water partition coefficient (Wildman–Crippen LogP) is 4.76. The van der Waals surface area contributed by atoms with Crippen molar-refractivity contribution in [2.24, 2.45) is 10.8 Å². The van der Waals surface area contributed by atoms with Gasteiger partial charge >= 0.3 is 11.9 Å². The summed E-state index contributed by atoms with van der Waals surface area (Å²) in [6.45, 7) is 17.4. The molecule has 2 unspecified atom stereocenters. The highest BCUT2D eigenvalue weighted by atomic mass is 16.6. The molecule has 4 aliphatic rings. The molecule has 4 amide bonds. The van der Waals surface area contributed by atoms with E-state index in [0.29, 0.717) is 139 Å². The lowest BCUT2D eigenvalue weighted by atomic mass is 9.84. The summed E-state index contributed by atoms with van der Waals surface area (Å²) in [5.74, 6) is -3.61. The average molecular weight is 1090 g/mol. The van der Waals surface area contributed by atoms with E-state index in [1.54, 1.807) is 64.1 Å². The van der Waals surface area contributed by atoms with Crippen LogP contribution in [0.1, 0.15) is 129 Å². The van der Waals surface area contributed by atoms with Crippen molar-refractivity contribution in [2.75, 3.05) is 105 Å². The van der Waals surface area contributed by atoms with E-state index in [1.807, 2.05) is 26.0 Å². The third-order valence-electron chi connectivity index (χ3n) is 15.6. The monoisotopic (exact) mass is 1090 g/mol. The van der Waals surface area contributed by atoms with Crippen molar-refractivity contribution in [1.29, 1.82) is 0 Å². The number of carbonyl (C=O) groups excluding carboxylic acids is 8. The van der Waals surface area contributed by atoms with Crippen molar-refractivity contribution in [3.05, 3.63) is 59.7 Å². The summed E-state index contributed by atoms with van der Waals surface area (Å²) in [7, 11) is 0. The van der Waals surface area contributed by atoms with Crippen LogP contribution in [0.3, 0.4) is 0 Å². The number of ketones is 2. The van der Waals surface area contributed by atoms with Gasteiger partial charge in [-0.3, -0.25) is 38.6 Å². The molecule has 430 valence electrons. The van der Waals surface area contributed by atoms with Gasteiger partial charge in [0.25, 0.3) is 23.6 Å². The topological polar surface area (TPSA) is 229 Å².